The number of ether oxygens (including phenoxy) is 2. The minimum atomic E-state index is -0.579. The first-order valence-corrected chi connectivity index (χ1v) is 12.9. The van der Waals surface area contributed by atoms with Gasteiger partial charge in [0, 0.05) is 13.0 Å². The van der Waals surface area contributed by atoms with Crippen molar-refractivity contribution in [2.24, 2.45) is 0 Å². The number of nitrogens with zero attached hydrogens (tertiary/aromatic N) is 1. The fourth-order valence-corrected chi connectivity index (χ4v) is 5.98. The lowest BCUT2D eigenvalue weighted by Gasteiger charge is -2.52. The van der Waals surface area contributed by atoms with E-state index in [0.29, 0.717) is 31.2 Å². The number of likely N-dealkylation sites (tertiary alicyclic amines) is 1. The molecule has 0 unspecified atom stereocenters. The van der Waals surface area contributed by atoms with Crippen LogP contribution in [0.15, 0.2) is 24.3 Å². The number of hydrogen-bond donors (Lipinski definition) is 2. The zero-order chi connectivity index (χ0) is 24.3. The zero-order valence-corrected chi connectivity index (χ0v) is 20.8. The number of para-hydroxylation sites is 1. The van der Waals surface area contributed by atoms with Crippen LogP contribution in [0.4, 0.5) is 4.79 Å². The first-order valence-electron chi connectivity index (χ1n) is 12.9. The van der Waals surface area contributed by atoms with Gasteiger partial charge in [0.1, 0.15) is 11.4 Å². The summed E-state index contributed by atoms with van der Waals surface area (Å²) in [5.74, 6) is 0.778. The molecule has 1 saturated carbocycles. The van der Waals surface area contributed by atoms with Crippen molar-refractivity contribution in [2.75, 3.05) is 13.2 Å². The molecule has 1 aromatic carbocycles. The Morgan fingerprint density at radius 2 is 1.85 bits per heavy atom. The van der Waals surface area contributed by atoms with E-state index in [2.05, 4.69) is 5.32 Å². The molecule has 0 aromatic heterocycles. The lowest BCUT2D eigenvalue weighted by molar-refractivity contribution is -0.130. The quantitative estimate of drug-likeness (QED) is 0.653. The third-order valence-corrected chi connectivity index (χ3v) is 7.62. The van der Waals surface area contributed by atoms with Crippen LogP contribution >= 0.6 is 0 Å². The van der Waals surface area contributed by atoms with Gasteiger partial charge in [-0.3, -0.25) is 4.79 Å². The summed E-state index contributed by atoms with van der Waals surface area (Å²) in [6, 6.07) is 7.36. The van der Waals surface area contributed by atoms with Crippen LogP contribution in [0.25, 0.3) is 0 Å². The van der Waals surface area contributed by atoms with Crippen molar-refractivity contribution in [3.8, 4) is 5.75 Å². The van der Waals surface area contributed by atoms with Gasteiger partial charge in [-0.2, -0.15) is 0 Å². The Morgan fingerprint density at radius 3 is 2.53 bits per heavy atom. The topological polar surface area (TPSA) is 88.1 Å². The lowest BCUT2D eigenvalue weighted by atomic mass is 9.75. The molecule has 1 spiro atoms. The number of rotatable bonds is 4. The highest BCUT2D eigenvalue weighted by atomic mass is 16.6. The van der Waals surface area contributed by atoms with Gasteiger partial charge >= 0.3 is 6.09 Å². The van der Waals surface area contributed by atoms with Gasteiger partial charge in [0.25, 0.3) is 0 Å². The predicted octanol–water partition coefficient (Wildman–Crippen LogP) is 4.87. The minimum absolute atomic E-state index is 0.0606. The summed E-state index contributed by atoms with van der Waals surface area (Å²) in [6.07, 6.45) is 7.45. The number of phenols is 1. The molecule has 2 amide bonds. The SMILES string of the molecule is CC(C)(C)OC(=O)N1CCC[C@@]2(CCCC(=O)N2)[C@@H]1COC1CCC(c2ccccc2O)CC1. The molecule has 3 aliphatic rings. The Hall–Kier alpha value is -2.28. The second kappa shape index (κ2) is 10.1. The van der Waals surface area contributed by atoms with Crippen molar-refractivity contribution in [3.05, 3.63) is 29.8 Å². The summed E-state index contributed by atoms with van der Waals surface area (Å²) >= 11 is 0. The summed E-state index contributed by atoms with van der Waals surface area (Å²) in [4.78, 5) is 27.3. The van der Waals surface area contributed by atoms with Crippen LogP contribution in [0.3, 0.4) is 0 Å². The third kappa shape index (κ3) is 5.68. The molecule has 0 bridgehead atoms. The Morgan fingerprint density at radius 1 is 1.15 bits per heavy atom. The smallest absolute Gasteiger partial charge is 0.410 e. The molecular formula is C27H40N2O5. The Labute approximate surface area is 203 Å². The van der Waals surface area contributed by atoms with Gasteiger partial charge in [0.15, 0.2) is 0 Å². The van der Waals surface area contributed by atoms with E-state index < -0.39 is 11.1 Å². The lowest BCUT2D eigenvalue weighted by Crippen LogP contribution is -2.69. The van der Waals surface area contributed by atoms with E-state index in [9.17, 15) is 14.7 Å². The minimum Gasteiger partial charge on any atom is -0.508 e. The first-order chi connectivity index (χ1) is 16.2. The van der Waals surface area contributed by atoms with Crippen molar-refractivity contribution < 1.29 is 24.2 Å². The first kappa shape index (κ1) is 24.8. The molecule has 0 radical (unpaired) electrons. The normalized spacial score (nSPS) is 30.1. The average molecular weight is 473 g/mol. The highest BCUT2D eigenvalue weighted by molar-refractivity contribution is 5.78. The van der Waals surface area contributed by atoms with Crippen molar-refractivity contribution >= 4 is 12.0 Å². The summed E-state index contributed by atoms with van der Waals surface area (Å²) in [5.41, 5.74) is -0.00450. The maximum Gasteiger partial charge on any atom is 0.410 e. The Balaban J connectivity index is 1.43. The molecule has 7 nitrogen and oxygen atoms in total. The van der Waals surface area contributed by atoms with Crippen LogP contribution in [0.2, 0.25) is 0 Å². The van der Waals surface area contributed by atoms with Crippen molar-refractivity contribution in [3.63, 3.8) is 0 Å². The summed E-state index contributed by atoms with van der Waals surface area (Å²) in [7, 11) is 0. The molecule has 4 rings (SSSR count). The molecule has 188 valence electrons. The van der Waals surface area contributed by atoms with Crippen LogP contribution < -0.4 is 5.32 Å². The highest BCUT2D eigenvalue weighted by Crippen LogP contribution is 2.39. The van der Waals surface area contributed by atoms with E-state index in [1.807, 2.05) is 39.0 Å². The molecule has 1 aliphatic carbocycles. The summed E-state index contributed by atoms with van der Waals surface area (Å²) < 4.78 is 12.2. The van der Waals surface area contributed by atoms with Gasteiger partial charge < -0.3 is 24.8 Å². The van der Waals surface area contributed by atoms with Crippen molar-refractivity contribution in [2.45, 2.75) is 108 Å². The maximum atomic E-state index is 13.1. The second-order valence-corrected chi connectivity index (χ2v) is 11.2. The van der Waals surface area contributed by atoms with Crippen LogP contribution in [-0.4, -0.2) is 58.4 Å². The zero-order valence-electron chi connectivity index (χ0n) is 20.8. The largest absolute Gasteiger partial charge is 0.508 e. The second-order valence-electron chi connectivity index (χ2n) is 11.2. The van der Waals surface area contributed by atoms with E-state index in [0.717, 1.165) is 56.9 Å². The molecule has 1 aromatic rings. The van der Waals surface area contributed by atoms with E-state index in [4.69, 9.17) is 9.47 Å². The van der Waals surface area contributed by atoms with E-state index in [1.54, 1.807) is 11.0 Å². The Kier molecular flexibility index (Phi) is 7.41. The number of nitrogens with one attached hydrogen (secondary N) is 1. The molecule has 2 atom stereocenters. The summed E-state index contributed by atoms with van der Waals surface area (Å²) in [6.45, 7) is 6.64. The van der Waals surface area contributed by atoms with Gasteiger partial charge in [-0.25, -0.2) is 4.79 Å². The van der Waals surface area contributed by atoms with Crippen LogP contribution in [0, 0.1) is 0 Å². The monoisotopic (exact) mass is 472 g/mol. The number of aromatic hydroxyl groups is 1. The van der Waals surface area contributed by atoms with E-state index in [-0.39, 0.29) is 24.1 Å². The third-order valence-electron chi connectivity index (χ3n) is 7.62. The fourth-order valence-electron chi connectivity index (χ4n) is 5.98. The standard InChI is InChI=1S/C27H40N2O5/c1-26(2,3)34-25(32)29-17-7-16-27(15-6-10-24(31)28-27)23(29)18-33-20-13-11-19(12-14-20)21-8-4-5-9-22(21)30/h4-5,8-9,19-20,23,30H,6-7,10-18H2,1-3H3,(H,28,31)/t19?,20?,23-,27-/m0/s1. The van der Waals surface area contributed by atoms with Crippen molar-refractivity contribution in [1.82, 2.24) is 10.2 Å². The van der Waals surface area contributed by atoms with Crippen LogP contribution in [0.1, 0.15) is 90.0 Å². The molecule has 2 saturated heterocycles. The Bertz CT molecular complexity index is 870. The van der Waals surface area contributed by atoms with Crippen LogP contribution in [0.5, 0.6) is 5.75 Å². The van der Waals surface area contributed by atoms with Gasteiger partial charge in [0.2, 0.25) is 5.91 Å². The fraction of sp³-hybridized carbons (Fsp3) is 0.704. The number of hydrogen-bond acceptors (Lipinski definition) is 5. The van der Waals surface area contributed by atoms with E-state index in [1.165, 1.54) is 0 Å². The molecule has 2 heterocycles. The van der Waals surface area contributed by atoms with Gasteiger partial charge in [-0.15, -0.1) is 0 Å². The average Bonchev–Trinajstić information content (AvgIpc) is 2.78. The number of phenolic OH excluding ortho intramolecular Hbond substituents is 1. The number of carbonyl (C=O) groups excluding carboxylic acids is 2. The van der Waals surface area contributed by atoms with Gasteiger partial charge in [-0.05, 0) is 89.7 Å². The molecule has 34 heavy (non-hydrogen) atoms. The maximum absolute atomic E-state index is 13.1. The molecule has 2 N–H and O–H groups in total. The molecule has 3 fully saturated rings. The number of amides is 2. The van der Waals surface area contributed by atoms with Crippen molar-refractivity contribution in [1.29, 1.82) is 0 Å². The van der Waals surface area contributed by atoms with Crippen LogP contribution in [-0.2, 0) is 14.3 Å². The van der Waals surface area contributed by atoms with Gasteiger partial charge in [0.05, 0.1) is 24.3 Å². The van der Waals surface area contributed by atoms with Gasteiger partial charge in [-0.1, -0.05) is 18.2 Å². The highest BCUT2D eigenvalue weighted by Gasteiger charge is 2.49. The molecular weight excluding hydrogens is 432 g/mol. The number of piperidine rings is 2. The number of benzene rings is 1. The predicted molar refractivity (Wildman–Crippen MR) is 130 cm³/mol. The molecule has 2 aliphatic heterocycles. The summed E-state index contributed by atoms with van der Waals surface area (Å²) in [5, 5.41) is 13.5. The van der Waals surface area contributed by atoms with E-state index >= 15 is 0 Å². The molecule has 7 heteroatoms. The number of carbonyl (C=O) groups is 2.